The summed E-state index contributed by atoms with van der Waals surface area (Å²) in [5.41, 5.74) is 2.02. The first-order valence-corrected chi connectivity index (χ1v) is 13.9. The highest BCUT2D eigenvalue weighted by Crippen LogP contribution is 2.42. The number of rotatable bonds is 9. The molecule has 4 nitrogen and oxygen atoms in total. The van der Waals surface area contributed by atoms with Gasteiger partial charge in [-0.05, 0) is 30.4 Å². The minimum Gasteiger partial charge on any atom is -0.455 e. The smallest absolute Gasteiger partial charge is 0.317 e. The highest BCUT2D eigenvalue weighted by molar-refractivity contribution is 5.83. The average molecular weight is 477 g/mol. The number of benzene rings is 2. The van der Waals surface area contributed by atoms with Gasteiger partial charge < -0.3 is 14.0 Å². The normalized spacial score (nSPS) is 27.8. The molecule has 1 unspecified atom stereocenters. The molecule has 2 aromatic carbocycles. The molecule has 1 atom stereocenters. The fourth-order valence-corrected chi connectivity index (χ4v) is 6.81. The minimum atomic E-state index is -0.463. The molecular formula is C31H42NO3+. The second-order valence-electron chi connectivity index (χ2n) is 11.2. The van der Waals surface area contributed by atoms with Gasteiger partial charge in [-0.15, -0.1) is 0 Å². The summed E-state index contributed by atoms with van der Waals surface area (Å²) in [6.07, 6.45) is 9.85. The molecule has 0 radical (unpaired) electrons. The fourth-order valence-electron chi connectivity index (χ4n) is 6.81. The van der Waals surface area contributed by atoms with Crippen molar-refractivity contribution in [3.05, 3.63) is 71.8 Å². The van der Waals surface area contributed by atoms with E-state index in [1.165, 1.54) is 44.3 Å². The molecule has 0 spiro atoms. The third-order valence-electron chi connectivity index (χ3n) is 9.06. The molecule has 0 aromatic heterocycles. The van der Waals surface area contributed by atoms with Crippen molar-refractivity contribution in [1.29, 1.82) is 0 Å². The van der Waals surface area contributed by atoms with E-state index in [9.17, 15) is 4.79 Å². The predicted molar refractivity (Wildman–Crippen MR) is 139 cm³/mol. The van der Waals surface area contributed by atoms with E-state index < -0.39 is 5.41 Å². The van der Waals surface area contributed by atoms with Crippen molar-refractivity contribution in [2.75, 3.05) is 39.4 Å². The van der Waals surface area contributed by atoms with Gasteiger partial charge in [-0.3, -0.25) is 4.79 Å². The lowest BCUT2D eigenvalue weighted by molar-refractivity contribution is -0.946. The van der Waals surface area contributed by atoms with Crippen LogP contribution in [0.1, 0.15) is 62.5 Å². The molecule has 4 heteroatoms. The Morgan fingerprint density at radius 1 is 0.857 bits per heavy atom. The van der Waals surface area contributed by atoms with E-state index in [2.05, 4.69) is 54.6 Å². The van der Waals surface area contributed by atoms with Crippen LogP contribution in [0.5, 0.6) is 0 Å². The Morgan fingerprint density at radius 3 is 2.20 bits per heavy atom. The van der Waals surface area contributed by atoms with Gasteiger partial charge in [0.25, 0.3) is 0 Å². The van der Waals surface area contributed by atoms with Gasteiger partial charge in [0, 0.05) is 18.8 Å². The van der Waals surface area contributed by atoms with Gasteiger partial charge in [0.1, 0.15) is 13.1 Å². The molecule has 188 valence electrons. The molecule has 2 bridgehead atoms. The van der Waals surface area contributed by atoms with Crippen molar-refractivity contribution < 1.29 is 18.8 Å². The minimum absolute atomic E-state index is 0.0432. The summed E-state index contributed by atoms with van der Waals surface area (Å²) >= 11 is 0. The van der Waals surface area contributed by atoms with Crippen molar-refractivity contribution in [2.24, 2.45) is 5.92 Å². The van der Waals surface area contributed by atoms with E-state index >= 15 is 0 Å². The van der Waals surface area contributed by atoms with Gasteiger partial charge in [0.15, 0.2) is 6.10 Å². The molecule has 4 aliphatic rings. The number of nitrogens with zero attached hydrogens (tertiary/aromatic N) is 1. The van der Waals surface area contributed by atoms with Crippen LogP contribution < -0.4 is 0 Å². The van der Waals surface area contributed by atoms with Gasteiger partial charge >= 0.3 is 5.97 Å². The molecule has 3 heterocycles. The van der Waals surface area contributed by atoms with Crippen LogP contribution in [0, 0.1) is 5.92 Å². The largest absolute Gasteiger partial charge is 0.455 e. The summed E-state index contributed by atoms with van der Waals surface area (Å²) in [6, 6.07) is 21.0. The molecule has 1 saturated carbocycles. The first kappa shape index (κ1) is 24.5. The molecule has 2 aromatic rings. The van der Waals surface area contributed by atoms with Gasteiger partial charge in [-0.25, -0.2) is 0 Å². The zero-order valence-corrected chi connectivity index (χ0v) is 21.2. The number of quaternary nitrogens is 1. The van der Waals surface area contributed by atoms with Gasteiger partial charge in [0.05, 0.1) is 31.7 Å². The lowest BCUT2D eigenvalue weighted by Gasteiger charge is -2.52. The number of hydrogen-bond donors (Lipinski definition) is 0. The van der Waals surface area contributed by atoms with Gasteiger partial charge in [0.2, 0.25) is 0 Å². The van der Waals surface area contributed by atoms with E-state index in [0.717, 1.165) is 68.5 Å². The summed E-state index contributed by atoms with van der Waals surface area (Å²) < 4.78 is 13.6. The Kier molecular flexibility index (Phi) is 7.89. The number of hydrogen-bond acceptors (Lipinski definition) is 3. The monoisotopic (exact) mass is 476 g/mol. The van der Waals surface area contributed by atoms with E-state index in [0.29, 0.717) is 5.92 Å². The van der Waals surface area contributed by atoms with E-state index in [1.54, 1.807) is 0 Å². The van der Waals surface area contributed by atoms with Crippen LogP contribution >= 0.6 is 0 Å². The SMILES string of the molecule is O=C(OC1C[N+]2(CCOCCc3ccccc3)CCC1CC2)C1(c2ccccc2)CCCCCC1. The molecule has 0 N–H and O–H groups in total. The van der Waals surface area contributed by atoms with E-state index in [4.69, 9.17) is 9.47 Å². The quantitative estimate of drug-likeness (QED) is 0.202. The number of esters is 1. The van der Waals surface area contributed by atoms with Crippen molar-refractivity contribution in [1.82, 2.24) is 0 Å². The van der Waals surface area contributed by atoms with Crippen molar-refractivity contribution in [3.8, 4) is 0 Å². The Bertz CT molecular complexity index is 928. The zero-order chi connectivity index (χ0) is 24.0. The maximum absolute atomic E-state index is 13.9. The number of ether oxygens (including phenoxy) is 2. The van der Waals surface area contributed by atoms with Gasteiger partial charge in [-0.1, -0.05) is 86.3 Å². The molecule has 0 amide bonds. The number of fused-ring (bicyclic) bond motifs is 3. The molecule has 3 aliphatic heterocycles. The highest BCUT2D eigenvalue weighted by Gasteiger charge is 2.50. The Balaban J connectivity index is 1.19. The molecule has 3 saturated heterocycles. The highest BCUT2D eigenvalue weighted by atomic mass is 16.5. The number of piperidine rings is 3. The Morgan fingerprint density at radius 2 is 1.51 bits per heavy atom. The van der Waals surface area contributed by atoms with Crippen LogP contribution in [0.2, 0.25) is 0 Å². The number of carbonyl (C=O) groups excluding carboxylic acids is 1. The summed E-state index contributed by atoms with van der Waals surface area (Å²) in [7, 11) is 0. The van der Waals surface area contributed by atoms with Crippen molar-refractivity contribution >= 4 is 5.97 Å². The molecule has 4 fully saturated rings. The zero-order valence-electron chi connectivity index (χ0n) is 21.2. The molecule has 35 heavy (non-hydrogen) atoms. The van der Waals surface area contributed by atoms with Crippen molar-refractivity contribution in [3.63, 3.8) is 0 Å². The van der Waals surface area contributed by atoms with Crippen LogP contribution in [0.15, 0.2) is 60.7 Å². The van der Waals surface area contributed by atoms with Crippen LogP contribution in [0.3, 0.4) is 0 Å². The van der Waals surface area contributed by atoms with Crippen LogP contribution in [0.25, 0.3) is 0 Å². The second kappa shape index (κ2) is 11.3. The van der Waals surface area contributed by atoms with Gasteiger partial charge in [-0.2, -0.15) is 0 Å². The average Bonchev–Trinajstić information content (AvgIpc) is 3.18. The predicted octanol–water partition coefficient (Wildman–Crippen LogP) is 5.69. The van der Waals surface area contributed by atoms with Crippen LogP contribution in [-0.2, 0) is 26.1 Å². The number of carbonyl (C=O) groups is 1. The maximum atomic E-state index is 13.9. The summed E-state index contributed by atoms with van der Waals surface area (Å²) in [5.74, 6) is 0.568. The lowest BCUT2D eigenvalue weighted by atomic mass is 9.74. The topological polar surface area (TPSA) is 35.5 Å². The third kappa shape index (κ3) is 5.65. The Labute approximate surface area is 211 Å². The van der Waals surface area contributed by atoms with E-state index in [1.807, 2.05) is 6.07 Å². The summed E-state index contributed by atoms with van der Waals surface area (Å²) in [5, 5.41) is 0. The lowest BCUT2D eigenvalue weighted by Crippen LogP contribution is -2.65. The van der Waals surface area contributed by atoms with Crippen LogP contribution in [-0.4, -0.2) is 55.9 Å². The Hall–Kier alpha value is -2.17. The maximum Gasteiger partial charge on any atom is 0.317 e. The third-order valence-corrected chi connectivity index (χ3v) is 9.06. The first-order chi connectivity index (χ1) is 17.2. The first-order valence-electron chi connectivity index (χ1n) is 13.9. The summed E-state index contributed by atoms with van der Waals surface area (Å²) in [4.78, 5) is 13.9. The summed E-state index contributed by atoms with van der Waals surface area (Å²) in [6.45, 7) is 5.94. The van der Waals surface area contributed by atoms with Crippen molar-refractivity contribution in [2.45, 2.75) is 69.3 Å². The van der Waals surface area contributed by atoms with Crippen LogP contribution in [0.4, 0.5) is 0 Å². The molecule has 1 aliphatic carbocycles. The fraction of sp³-hybridized carbons (Fsp3) is 0.581. The standard InChI is InChI=1S/C31H42NO3/c33-30(31(18-9-1-2-10-19-31)28-13-7-4-8-14-28)35-29-25-32(20-15-27(29)16-21-32)22-24-34-23-17-26-11-5-3-6-12-26/h3-8,11-14,27,29H,1-2,9-10,15-25H2/q+1. The molecular weight excluding hydrogens is 434 g/mol. The second-order valence-corrected chi connectivity index (χ2v) is 11.2. The van der Waals surface area contributed by atoms with E-state index in [-0.39, 0.29) is 12.1 Å². The molecule has 6 rings (SSSR count).